The SMILES string of the molecule is O=C(N/N=C/c1ccc(Cl)cc1)c1cc(-c2ccc3c4c(cccc24)CC3)n[nH]1. The van der Waals surface area contributed by atoms with Crippen molar-refractivity contribution in [3.8, 4) is 11.3 Å². The number of aromatic nitrogens is 2. The summed E-state index contributed by atoms with van der Waals surface area (Å²) in [6, 6.07) is 19.6. The van der Waals surface area contributed by atoms with Crippen molar-refractivity contribution in [1.82, 2.24) is 15.6 Å². The van der Waals surface area contributed by atoms with E-state index in [-0.39, 0.29) is 5.91 Å². The van der Waals surface area contributed by atoms with Crippen molar-refractivity contribution in [2.75, 3.05) is 0 Å². The monoisotopic (exact) mass is 400 g/mol. The largest absolute Gasteiger partial charge is 0.289 e. The van der Waals surface area contributed by atoms with Crippen molar-refractivity contribution in [3.05, 3.63) is 88.1 Å². The van der Waals surface area contributed by atoms with E-state index in [2.05, 4.69) is 51.1 Å². The van der Waals surface area contributed by atoms with Gasteiger partial charge < -0.3 is 0 Å². The molecule has 4 aromatic rings. The number of aryl methyl sites for hydroxylation is 2. The van der Waals surface area contributed by atoms with Crippen LogP contribution in [0.3, 0.4) is 0 Å². The summed E-state index contributed by atoms with van der Waals surface area (Å²) >= 11 is 5.86. The second-order valence-electron chi connectivity index (χ2n) is 7.03. The van der Waals surface area contributed by atoms with Gasteiger partial charge in [0.1, 0.15) is 5.69 Å². The minimum absolute atomic E-state index is 0.347. The number of rotatable bonds is 4. The molecular formula is C23H17ClN4O. The molecule has 0 saturated carbocycles. The molecule has 0 aliphatic heterocycles. The molecule has 2 N–H and O–H groups in total. The highest BCUT2D eigenvalue weighted by Gasteiger charge is 2.18. The molecule has 1 heterocycles. The van der Waals surface area contributed by atoms with E-state index in [1.807, 2.05) is 12.1 Å². The number of hydrogen-bond acceptors (Lipinski definition) is 3. The maximum atomic E-state index is 12.4. The average molecular weight is 401 g/mol. The Labute approximate surface area is 172 Å². The summed E-state index contributed by atoms with van der Waals surface area (Å²) in [5.74, 6) is -0.347. The molecule has 5 nitrogen and oxygen atoms in total. The Hall–Kier alpha value is -3.44. The predicted molar refractivity (Wildman–Crippen MR) is 115 cm³/mol. The van der Waals surface area contributed by atoms with Crippen LogP contribution in [0.15, 0.2) is 65.8 Å². The first-order valence-electron chi connectivity index (χ1n) is 9.37. The zero-order valence-corrected chi connectivity index (χ0v) is 16.2. The molecular weight excluding hydrogens is 384 g/mol. The van der Waals surface area contributed by atoms with Gasteiger partial charge in [-0.25, -0.2) is 5.43 Å². The van der Waals surface area contributed by atoms with Gasteiger partial charge in [0.05, 0.1) is 11.9 Å². The lowest BCUT2D eigenvalue weighted by Gasteiger charge is -2.06. The van der Waals surface area contributed by atoms with Gasteiger partial charge in [0.25, 0.3) is 5.91 Å². The fourth-order valence-corrected chi connectivity index (χ4v) is 3.95. The molecule has 0 unspecified atom stereocenters. The third-order valence-electron chi connectivity index (χ3n) is 5.23. The average Bonchev–Trinajstić information content (AvgIpc) is 3.39. The summed E-state index contributed by atoms with van der Waals surface area (Å²) < 4.78 is 0. The Kier molecular flexibility index (Phi) is 4.37. The van der Waals surface area contributed by atoms with Gasteiger partial charge in [-0.3, -0.25) is 9.89 Å². The van der Waals surface area contributed by atoms with Crippen molar-refractivity contribution in [1.29, 1.82) is 0 Å². The standard InChI is InChI=1S/C23H17ClN4O/c24-17-9-4-14(5-10-17)13-25-28-23(29)21-12-20(26-27-21)18-11-8-16-7-6-15-2-1-3-19(18)22(15)16/h1-5,8-13H,6-7H2,(H,26,27)(H,28,29)/b25-13+. The number of halogens is 1. The fourth-order valence-electron chi connectivity index (χ4n) is 3.82. The number of amides is 1. The van der Waals surface area contributed by atoms with Gasteiger partial charge in [-0.15, -0.1) is 0 Å². The second-order valence-corrected chi connectivity index (χ2v) is 7.47. The number of carbonyl (C=O) groups is 1. The smallest absolute Gasteiger partial charge is 0.272 e. The van der Waals surface area contributed by atoms with Crippen LogP contribution in [-0.4, -0.2) is 22.3 Å². The Morgan fingerprint density at radius 1 is 1.07 bits per heavy atom. The highest BCUT2D eigenvalue weighted by atomic mass is 35.5. The van der Waals surface area contributed by atoms with E-state index in [1.165, 1.54) is 21.9 Å². The van der Waals surface area contributed by atoms with E-state index in [9.17, 15) is 4.79 Å². The number of H-pyrrole nitrogens is 1. The number of hydrogen-bond donors (Lipinski definition) is 2. The van der Waals surface area contributed by atoms with E-state index in [1.54, 1.807) is 24.4 Å². The van der Waals surface area contributed by atoms with Gasteiger partial charge in [0.15, 0.2) is 0 Å². The van der Waals surface area contributed by atoms with E-state index >= 15 is 0 Å². The molecule has 0 fully saturated rings. The maximum absolute atomic E-state index is 12.4. The minimum Gasteiger partial charge on any atom is -0.272 e. The van der Waals surface area contributed by atoms with Gasteiger partial charge >= 0.3 is 0 Å². The lowest BCUT2D eigenvalue weighted by Crippen LogP contribution is -2.17. The number of benzene rings is 3. The zero-order chi connectivity index (χ0) is 19.8. The molecule has 1 amide bonds. The fraction of sp³-hybridized carbons (Fsp3) is 0.0870. The number of nitrogens with zero attached hydrogens (tertiary/aromatic N) is 2. The van der Waals surface area contributed by atoms with Crippen LogP contribution in [0.2, 0.25) is 5.02 Å². The highest BCUT2D eigenvalue weighted by molar-refractivity contribution is 6.30. The van der Waals surface area contributed by atoms with Crippen LogP contribution in [-0.2, 0) is 12.8 Å². The highest BCUT2D eigenvalue weighted by Crippen LogP contribution is 2.36. The first-order valence-corrected chi connectivity index (χ1v) is 9.75. The third-order valence-corrected chi connectivity index (χ3v) is 5.48. The number of hydrazone groups is 1. The van der Waals surface area contributed by atoms with Crippen molar-refractivity contribution in [2.45, 2.75) is 12.8 Å². The third kappa shape index (κ3) is 3.30. The number of nitrogens with one attached hydrogen (secondary N) is 2. The van der Waals surface area contributed by atoms with Gasteiger partial charge in [-0.2, -0.15) is 10.2 Å². The molecule has 1 aliphatic carbocycles. The van der Waals surface area contributed by atoms with Crippen LogP contribution in [0.4, 0.5) is 0 Å². The molecule has 1 aliphatic rings. The molecule has 6 heteroatoms. The van der Waals surface area contributed by atoms with Crippen molar-refractivity contribution >= 4 is 34.5 Å². The van der Waals surface area contributed by atoms with E-state index in [4.69, 9.17) is 11.6 Å². The molecule has 0 spiro atoms. The van der Waals surface area contributed by atoms with Crippen LogP contribution >= 0.6 is 11.6 Å². The molecule has 5 rings (SSSR count). The summed E-state index contributed by atoms with van der Waals surface area (Å²) in [7, 11) is 0. The predicted octanol–water partition coefficient (Wildman–Crippen LogP) is 4.75. The lowest BCUT2D eigenvalue weighted by molar-refractivity contribution is 0.0950. The normalized spacial score (nSPS) is 12.7. The van der Waals surface area contributed by atoms with Crippen molar-refractivity contribution < 1.29 is 4.79 Å². The summed E-state index contributed by atoms with van der Waals surface area (Å²) in [5.41, 5.74) is 8.24. The molecule has 0 radical (unpaired) electrons. The summed E-state index contributed by atoms with van der Waals surface area (Å²) in [5, 5.41) is 14.3. The van der Waals surface area contributed by atoms with Crippen LogP contribution in [0, 0.1) is 0 Å². The molecule has 0 bridgehead atoms. The zero-order valence-electron chi connectivity index (χ0n) is 15.4. The van der Waals surface area contributed by atoms with Gasteiger partial charge in [-0.1, -0.05) is 54.1 Å². The van der Waals surface area contributed by atoms with Crippen LogP contribution < -0.4 is 5.43 Å². The minimum atomic E-state index is -0.347. The van der Waals surface area contributed by atoms with Crippen LogP contribution in [0.1, 0.15) is 27.2 Å². The van der Waals surface area contributed by atoms with Crippen LogP contribution in [0.25, 0.3) is 22.0 Å². The first-order chi connectivity index (χ1) is 14.2. The van der Waals surface area contributed by atoms with Crippen molar-refractivity contribution in [3.63, 3.8) is 0 Å². The topological polar surface area (TPSA) is 70.1 Å². The van der Waals surface area contributed by atoms with Crippen LogP contribution in [0.5, 0.6) is 0 Å². The Morgan fingerprint density at radius 3 is 2.69 bits per heavy atom. The van der Waals surface area contributed by atoms with E-state index in [0.717, 1.165) is 29.7 Å². The van der Waals surface area contributed by atoms with E-state index in [0.29, 0.717) is 10.7 Å². The van der Waals surface area contributed by atoms with E-state index < -0.39 is 0 Å². The molecule has 3 aromatic carbocycles. The number of carbonyl (C=O) groups excluding carboxylic acids is 1. The first kappa shape index (κ1) is 17.6. The van der Waals surface area contributed by atoms with Gasteiger partial charge in [-0.05, 0) is 58.5 Å². The Morgan fingerprint density at radius 2 is 1.86 bits per heavy atom. The quantitative estimate of drug-likeness (QED) is 0.383. The van der Waals surface area contributed by atoms with Crippen molar-refractivity contribution in [2.24, 2.45) is 5.10 Å². The maximum Gasteiger partial charge on any atom is 0.289 e. The van der Waals surface area contributed by atoms with Gasteiger partial charge in [0.2, 0.25) is 0 Å². The Bertz CT molecular complexity index is 1250. The molecule has 29 heavy (non-hydrogen) atoms. The Balaban J connectivity index is 1.38. The lowest BCUT2D eigenvalue weighted by atomic mass is 9.98. The summed E-state index contributed by atoms with van der Waals surface area (Å²) in [4.78, 5) is 12.4. The molecule has 1 aromatic heterocycles. The molecule has 0 saturated heterocycles. The molecule has 142 valence electrons. The molecule has 0 atom stereocenters. The summed E-state index contributed by atoms with van der Waals surface area (Å²) in [6.45, 7) is 0. The number of aromatic amines is 1. The summed E-state index contributed by atoms with van der Waals surface area (Å²) in [6.07, 6.45) is 3.72. The second kappa shape index (κ2) is 7.18. The van der Waals surface area contributed by atoms with Gasteiger partial charge in [0, 0.05) is 10.6 Å².